The molecular formula is C11H14BrNO. The highest BCUT2D eigenvalue weighted by atomic mass is 79.9. The summed E-state index contributed by atoms with van der Waals surface area (Å²) in [7, 11) is 0. The lowest BCUT2D eigenvalue weighted by Gasteiger charge is -2.28. The highest BCUT2D eigenvalue weighted by Gasteiger charge is 2.19. The Kier molecular flexibility index (Phi) is 3.21. The van der Waals surface area contributed by atoms with Crippen LogP contribution in [0.1, 0.15) is 30.9 Å². The summed E-state index contributed by atoms with van der Waals surface area (Å²) in [5.74, 6) is 0. The van der Waals surface area contributed by atoms with Crippen LogP contribution in [0.15, 0.2) is 28.7 Å². The molecule has 0 radical (unpaired) electrons. The topological polar surface area (TPSA) is 32.3 Å². The molecule has 0 spiro atoms. The third-order valence-corrected chi connectivity index (χ3v) is 3.16. The van der Waals surface area contributed by atoms with Crippen molar-refractivity contribution in [3.63, 3.8) is 0 Å². The summed E-state index contributed by atoms with van der Waals surface area (Å²) >= 11 is 3.41. The molecule has 14 heavy (non-hydrogen) atoms. The maximum absolute atomic E-state index is 9.48. The second kappa shape index (κ2) is 4.43. The Balaban J connectivity index is 2.10. The van der Waals surface area contributed by atoms with Gasteiger partial charge in [-0.25, -0.2) is 0 Å². The van der Waals surface area contributed by atoms with Crippen molar-refractivity contribution in [1.29, 1.82) is 0 Å². The first kappa shape index (κ1) is 10.1. The monoisotopic (exact) mass is 255 g/mol. The van der Waals surface area contributed by atoms with Gasteiger partial charge >= 0.3 is 0 Å². The van der Waals surface area contributed by atoms with Crippen LogP contribution in [0.5, 0.6) is 0 Å². The Morgan fingerprint density at radius 3 is 2.57 bits per heavy atom. The van der Waals surface area contributed by atoms with Gasteiger partial charge in [0.15, 0.2) is 0 Å². The number of hydrogen-bond acceptors (Lipinski definition) is 2. The van der Waals surface area contributed by atoms with Crippen molar-refractivity contribution in [3.8, 4) is 0 Å². The molecule has 0 aliphatic carbocycles. The third-order valence-electron chi connectivity index (χ3n) is 2.64. The van der Waals surface area contributed by atoms with Gasteiger partial charge in [-0.1, -0.05) is 28.1 Å². The van der Waals surface area contributed by atoms with Crippen LogP contribution in [-0.2, 0) is 0 Å². The smallest absolute Gasteiger partial charge is 0.105 e. The molecule has 0 aromatic heterocycles. The number of rotatable bonds is 1. The van der Waals surface area contributed by atoms with Crippen molar-refractivity contribution in [2.75, 3.05) is 0 Å². The average Bonchev–Trinajstić information content (AvgIpc) is 2.19. The Morgan fingerprint density at radius 1 is 1.21 bits per heavy atom. The minimum Gasteiger partial charge on any atom is -0.379 e. The summed E-state index contributed by atoms with van der Waals surface area (Å²) in [6.45, 7) is 0. The zero-order chi connectivity index (χ0) is 9.97. The molecule has 2 rings (SSSR count). The molecule has 1 heterocycles. The zero-order valence-electron chi connectivity index (χ0n) is 7.91. The number of halogens is 1. The minimum atomic E-state index is -0.336. The van der Waals surface area contributed by atoms with E-state index in [1.54, 1.807) is 0 Å². The van der Waals surface area contributed by atoms with E-state index in [9.17, 15) is 5.11 Å². The van der Waals surface area contributed by atoms with E-state index in [4.69, 9.17) is 0 Å². The van der Waals surface area contributed by atoms with E-state index in [0.717, 1.165) is 23.7 Å². The molecule has 1 saturated heterocycles. The molecule has 3 heteroatoms. The van der Waals surface area contributed by atoms with Crippen molar-refractivity contribution < 1.29 is 5.11 Å². The number of nitrogens with one attached hydrogen (secondary N) is 1. The Bertz CT molecular complexity index is 299. The van der Waals surface area contributed by atoms with Crippen LogP contribution in [-0.4, -0.2) is 11.3 Å². The first-order valence-corrected chi connectivity index (χ1v) is 5.74. The van der Waals surface area contributed by atoms with Gasteiger partial charge in [-0.3, -0.25) is 5.32 Å². The second-order valence-corrected chi connectivity index (χ2v) is 4.63. The summed E-state index contributed by atoms with van der Waals surface area (Å²) in [6.07, 6.45) is 2.73. The maximum atomic E-state index is 9.48. The highest BCUT2D eigenvalue weighted by molar-refractivity contribution is 9.10. The van der Waals surface area contributed by atoms with E-state index in [-0.39, 0.29) is 6.23 Å². The van der Waals surface area contributed by atoms with Crippen molar-refractivity contribution in [2.24, 2.45) is 0 Å². The number of benzene rings is 1. The first-order valence-electron chi connectivity index (χ1n) is 4.95. The van der Waals surface area contributed by atoms with Crippen molar-refractivity contribution in [2.45, 2.75) is 31.5 Å². The standard InChI is InChI=1S/C11H14BrNO/c12-9-6-4-8(5-7-9)10-2-1-3-11(14)13-10/h4-7,10-11,13-14H,1-3H2. The minimum absolute atomic E-state index is 0.312. The molecule has 1 fully saturated rings. The molecule has 2 unspecified atom stereocenters. The maximum Gasteiger partial charge on any atom is 0.105 e. The molecule has 1 aliphatic heterocycles. The van der Waals surface area contributed by atoms with E-state index in [0.29, 0.717) is 6.04 Å². The fourth-order valence-corrected chi connectivity index (χ4v) is 2.14. The van der Waals surface area contributed by atoms with E-state index >= 15 is 0 Å². The number of hydrogen-bond donors (Lipinski definition) is 2. The summed E-state index contributed by atoms with van der Waals surface area (Å²) < 4.78 is 1.10. The van der Waals surface area contributed by atoms with Gasteiger partial charge in [0.25, 0.3) is 0 Å². The van der Waals surface area contributed by atoms with Gasteiger partial charge in [0.2, 0.25) is 0 Å². The zero-order valence-corrected chi connectivity index (χ0v) is 9.50. The number of aliphatic hydroxyl groups is 1. The molecule has 1 aliphatic rings. The van der Waals surface area contributed by atoms with Crippen LogP contribution in [0.25, 0.3) is 0 Å². The third kappa shape index (κ3) is 2.35. The fraction of sp³-hybridized carbons (Fsp3) is 0.455. The van der Waals surface area contributed by atoms with E-state index < -0.39 is 0 Å². The average molecular weight is 256 g/mol. The first-order chi connectivity index (χ1) is 6.75. The number of piperidine rings is 1. The van der Waals surface area contributed by atoms with E-state index in [2.05, 4.69) is 33.4 Å². The van der Waals surface area contributed by atoms with Crippen molar-refractivity contribution in [3.05, 3.63) is 34.3 Å². The lowest BCUT2D eigenvalue weighted by atomic mass is 9.97. The Morgan fingerprint density at radius 2 is 1.93 bits per heavy atom. The predicted molar refractivity (Wildman–Crippen MR) is 59.9 cm³/mol. The molecule has 1 aromatic rings. The summed E-state index contributed by atoms with van der Waals surface area (Å²) in [5, 5.41) is 12.7. The fourth-order valence-electron chi connectivity index (χ4n) is 1.87. The molecule has 0 bridgehead atoms. The molecule has 0 saturated carbocycles. The summed E-state index contributed by atoms with van der Waals surface area (Å²) in [4.78, 5) is 0. The van der Waals surface area contributed by atoms with Gasteiger partial charge in [0.1, 0.15) is 6.23 Å². The summed E-state index contributed by atoms with van der Waals surface area (Å²) in [6, 6.07) is 8.59. The quantitative estimate of drug-likeness (QED) is 0.809. The predicted octanol–water partition coefficient (Wildman–Crippen LogP) is 2.58. The second-order valence-electron chi connectivity index (χ2n) is 3.72. The SMILES string of the molecule is OC1CCCC(c2ccc(Br)cc2)N1. The van der Waals surface area contributed by atoms with Crippen LogP contribution >= 0.6 is 15.9 Å². The van der Waals surface area contributed by atoms with Crippen LogP contribution < -0.4 is 5.32 Å². The lowest BCUT2D eigenvalue weighted by molar-refractivity contribution is 0.0852. The van der Waals surface area contributed by atoms with Gasteiger partial charge in [-0.15, -0.1) is 0 Å². The lowest BCUT2D eigenvalue weighted by Crippen LogP contribution is -2.36. The Hall–Kier alpha value is -0.380. The van der Waals surface area contributed by atoms with E-state index in [1.165, 1.54) is 5.56 Å². The van der Waals surface area contributed by atoms with Crippen LogP contribution in [0.3, 0.4) is 0 Å². The molecular weight excluding hydrogens is 242 g/mol. The number of aliphatic hydroxyl groups excluding tert-OH is 1. The van der Waals surface area contributed by atoms with Gasteiger partial charge in [0, 0.05) is 10.5 Å². The van der Waals surface area contributed by atoms with Crippen LogP contribution in [0.2, 0.25) is 0 Å². The molecule has 76 valence electrons. The normalized spacial score (nSPS) is 27.6. The molecule has 2 atom stereocenters. The summed E-state index contributed by atoms with van der Waals surface area (Å²) in [5.41, 5.74) is 1.26. The molecule has 2 nitrogen and oxygen atoms in total. The van der Waals surface area contributed by atoms with Gasteiger partial charge in [-0.2, -0.15) is 0 Å². The van der Waals surface area contributed by atoms with Crippen LogP contribution in [0, 0.1) is 0 Å². The molecule has 1 aromatic carbocycles. The van der Waals surface area contributed by atoms with Crippen LogP contribution in [0.4, 0.5) is 0 Å². The van der Waals surface area contributed by atoms with Gasteiger partial charge < -0.3 is 5.11 Å². The highest BCUT2D eigenvalue weighted by Crippen LogP contribution is 2.25. The van der Waals surface area contributed by atoms with Crippen molar-refractivity contribution >= 4 is 15.9 Å². The van der Waals surface area contributed by atoms with Gasteiger partial charge in [-0.05, 0) is 37.0 Å². The van der Waals surface area contributed by atoms with E-state index in [1.807, 2.05) is 12.1 Å². The van der Waals surface area contributed by atoms with Gasteiger partial charge in [0.05, 0.1) is 0 Å². The molecule has 0 amide bonds. The largest absolute Gasteiger partial charge is 0.379 e. The molecule has 2 N–H and O–H groups in total. The Labute approximate surface area is 92.5 Å². The van der Waals surface area contributed by atoms with Crippen molar-refractivity contribution in [1.82, 2.24) is 5.32 Å².